The molecule has 0 aliphatic carbocycles. The van der Waals surface area contributed by atoms with Gasteiger partial charge in [0.2, 0.25) is 11.2 Å². The molecule has 0 radical (unpaired) electrons. The van der Waals surface area contributed by atoms with Gasteiger partial charge in [0.05, 0.1) is 0 Å². The number of aromatic nitrogens is 1. The molecule has 0 aliphatic rings. The quantitative estimate of drug-likeness (QED) is 0.266. The Balaban J connectivity index is 0.00000208. The number of ether oxygens (including phenoxy) is 1. The van der Waals surface area contributed by atoms with Crippen molar-refractivity contribution in [3.63, 3.8) is 0 Å². The van der Waals surface area contributed by atoms with Crippen LogP contribution < -0.4 is 33.3 Å². The zero-order chi connectivity index (χ0) is 16.2. The minimum atomic E-state index is -0.309. The molecule has 0 atom stereocenters. The number of rotatable bonds is 3. The lowest BCUT2D eigenvalue weighted by molar-refractivity contribution is -0.646. The van der Waals surface area contributed by atoms with Gasteiger partial charge in [-0.1, -0.05) is 24.3 Å². The van der Waals surface area contributed by atoms with Crippen LogP contribution >= 0.6 is 0 Å². The molecule has 1 heterocycles. The number of benzene rings is 2. The zero-order valence-corrected chi connectivity index (χ0v) is 15.7. The monoisotopic (exact) mass is 431 g/mol. The normalized spacial score (nSPS) is 10.6. The van der Waals surface area contributed by atoms with E-state index in [9.17, 15) is 4.79 Å². The Labute approximate surface area is 158 Å². The number of esters is 1. The summed E-state index contributed by atoms with van der Waals surface area (Å²) in [5.74, 6) is 0.252. The van der Waals surface area contributed by atoms with Gasteiger partial charge in [-0.05, 0) is 35.9 Å². The Kier molecular flexibility index (Phi) is 6.09. The summed E-state index contributed by atoms with van der Waals surface area (Å²) in [4.78, 5) is 10.9. The smallest absolute Gasteiger partial charge is 0.308 e. The molecule has 0 saturated carbocycles. The summed E-state index contributed by atoms with van der Waals surface area (Å²) in [6.07, 6.45) is 4.12. The standard InChI is InChI=1S/C20H18NO2.HI/c1-15(22)23-19-13-8-16(9-14-19)7-11-18-12-10-17-5-3-4-6-20(17)21(18)2;/h3-14H,1-2H3;1H/q+1;/p-1/b11-7+;. The number of halogens is 1. The summed E-state index contributed by atoms with van der Waals surface area (Å²) >= 11 is 0. The van der Waals surface area contributed by atoms with Crippen molar-refractivity contribution in [1.82, 2.24) is 0 Å². The number of carbonyl (C=O) groups excluding carboxylic acids is 1. The minimum absolute atomic E-state index is 0. The second-order valence-corrected chi connectivity index (χ2v) is 5.37. The number of aryl methyl sites for hydroxylation is 1. The molecular formula is C20H18INO2. The van der Waals surface area contributed by atoms with Crippen LogP contribution in [0.3, 0.4) is 0 Å². The second kappa shape index (κ2) is 8.06. The van der Waals surface area contributed by atoms with Crippen LogP contribution in [0.25, 0.3) is 23.1 Å². The van der Waals surface area contributed by atoms with E-state index in [0.29, 0.717) is 5.75 Å². The van der Waals surface area contributed by atoms with E-state index in [0.717, 1.165) is 11.3 Å². The predicted octanol–water partition coefficient (Wildman–Crippen LogP) is 0.764. The van der Waals surface area contributed by atoms with Crippen molar-refractivity contribution in [2.24, 2.45) is 7.05 Å². The lowest BCUT2D eigenvalue weighted by atomic mass is 10.1. The average molecular weight is 431 g/mol. The highest BCUT2D eigenvalue weighted by Crippen LogP contribution is 2.15. The summed E-state index contributed by atoms with van der Waals surface area (Å²) in [5.41, 5.74) is 3.36. The van der Waals surface area contributed by atoms with Gasteiger partial charge in [-0.3, -0.25) is 4.79 Å². The first-order valence-corrected chi connectivity index (χ1v) is 7.48. The Morgan fingerprint density at radius 1 is 0.958 bits per heavy atom. The number of carbonyl (C=O) groups is 1. The fourth-order valence-electron chi connectivity index (χ4n) is 2.52. The van der Waals surface area contributed by atoms with Gasteiger partial charge < -0.3 is 28.7 Å². The van der Waals surface area contributed by atoms with E-state index in [4.69, 9.17) is 4.74 Å². The van der Waals surface area contributed by atoms with Crippen molar-refractivity contribution in [3.05, 3.63) is 71.9 Å². The van der Waals surface area contributed by atoms with E-state index in [1.165, 1.54) is 17.8 Å². The molecule has 122 valence electrons. The van der Waals surface area contributed by atoms with E-state index in [1.807, 2.05) is 30.3 Å². The first-order valence-electron chi connectivity index (χ1n) is 7.48. The fourth-order valence-corrected chi connectivity index (χ4v) is 2.52. The maximum absolute atomic E-state index is 10.9. The van der Waals surface area contributed by atoms with Crippen LogP contribution in [0.2, 0.25) is 0 Å². The number of para-hydroxylation sites is 1. The van der Waals surface area contributed by atoms with Crippen LogP contribution in [0.1, 0.15) is 18.2 Å². The van der Waals surface area contributed by atoms with E-state index >= 15 is 0 Å². The number of hydrogen-bond donors (Lipinski definition) is 0. The summed E-state index contributed by atoms with van der Waals surface area (Å²) in [6, 6.07) is 20.0. The Bertz CT molecular complexity index is 886. The SMILES string of the molecule is CC(=O)Oc1ccc(/C=C/c2ccc3ccccc3[n+]2C)cc1.[I-]. The topological polar surface area (TPSA) is 30.2 Å². The van der Waals surface area contributed by atoms with E-state index in [1.54, 1.807) is 12.1 Å². The van der Waals surface area contributed by atoms with Crippen LogP contribution in [0.4, 0.5) is 0 Å². The van der Waals surface area contributed by atoms with Crippen LogP contribution in [-0.4, -0.2) is 5.97 Å². The lowest BCUT2D eigenvalue weighted by Gasteiger charge is -2.01. The maximum Gasteiger partial charge on any atom is 0.308 e. The number of fused-ring (bicyclic) bond motifs is 1. The molecule has 0 bridgehead atoms. The van der Waals surface area contributed by atoms with Crippen molar-refractivity contribution in [2.75, 3.05) is 0 Å². The molecule has 0 spiro atoms. The molecule has 3 rings (SSSR count). The first-order chi connectivity index (χ1) is 11.1. The van der Waals surface area contributed by atoms with Gasteiger partial charge in [0.15, 0.2) is 0 Å². The van der Waals surface area contributed by atoms with Crippen LogP contribution in [0, 0.1) is 0 Å². The largest absolute Gasteiger partial charge is 1.00 e. The van der Waals surface area contributed by atoms with Crippen molar-refractivity contribution in [1.29, 1.82) is 0 Å². The molecule has 4 heteroatoms. The van der Waals surface area contributed by atoms with Gasteiger partial charge in [-0.25, -0.2) is 0 Å². The Morgan fingerprint density at radius 3 is 2.38 bits per heavy atom. The van der Waals surface area contributed by atoms with Gasteiger partial charge in [0, 0.05) is 30.5 Å². The zero-order valence-electron chi connectivity index (χ0n) is 13.6. The average Bonchev–Trinajstić information content (AvgIpc) is 2.55. The van der Waals surface area contributed by atoms with Gasteiger partial charge in [-0.2, -0.15) is 4.57 Å². The van der Waals surface area contributed by atoms with Crippen LogP contribution in [-0.2, 0) is 11.8 Å². The summed E-state index contributed by atoms with van der Waals surface area (Å²) in [6.45, 7) is 1.40. The van der Waals surface area contributed by atoms with Crippen molar-refractivity contribution < 1.29 is 38.1 Å². The minimum Gasteiger partial charge on any atom is -1.00 e. The molecule has 3 nitrogen and oxygen atoms in total. The second-order valence-electron chi connectivity index (χ2n) is 5.37. The maximum atomic E-state index is 10.9. The highest BCUT2D eigenvalue weighted by atomic mass is 127. The van der Waals surface area contributed by atoms with E-state index in [2.05, 4.69) is 42.0 Å². The molecule has 1 aromatic heterocycles. The van der Waals surface area contributed by atoms with Gasteiger partial charge in [0.1, 0.15) is 12.8 Å². The summed E-state index contributed by atoms with van der Waals surface area (Å²) in [5, 5.41) is 1.22. The molecule has 0 unspecified atom stereocenters. The molecule has 0 fully saturated rings. The van der Waals surface area contributed by atoms with Gasteiger partial charge >= 0.3 is 5.97 Å². The Morgan fingerprint density at radius 2 is 1.67 bits per heavy atom. The van der Waals surface area contributed by atoms with Crippen molar-refractivity contribution in [3.8, 4) is 5.75 Å². The van der Waals surface area contributed by atoms with Crippen molar-refractivity contribution in [2.45, 2.75) is 6.92 Å². The Hall–Kier alpha value is -2.21. The number of pyridine rings is 1. The molecule has 0 saturated heterocycles. The number of nitrogens with zero attached hydrogens (tertiary/aromatic N) is 1. The van der Waals surface area contributed by atoms with E-state index < -0.39 is 0 Å². The first kappa shape index (κ1) is 18.1. The molecule has 24 heavy (non-hydrogen) atoms. The van der Waals surface area contributed by atoms with Crippen LogP contribution in [0.15, 0.2) is 60.7 Å². The van der Waals surface area contributed by atoms with E-state index in [-0.39, 0.29) is 29.9 Å². The highest BCUT2D eigenvalue weighted by Gasteiger charge is 2.08. The fraction of sp³-hybridized carbons (Fsp3) is 0.100. The van der Waals surface area contributed by atoms with Gasteiger partial charge in [0.25, 0.3) is 0 Å². The predicted molar refractivity (Wildman–Crippen MR) is 91.8 cm³/mol. The number of hydrogen-bond acceptors (Lipinski definition) is 2. The highest BCUT2D eigenvalue weighted by molar-refractivity contribution is 5.77. The third kappa shape index (κ3) is 4.20. The summed E-state index contributed by atoms with van der Waals surface area (Å²) < 4.78 is 7.20. The third-order valence-corrected chi connectivity index (χ3v) is 3.71. The third-order valence-electron chi connectivity index (χ3n) is 3.71. The molecule has 3 aromatic rings. The molecule has 2 aromatic carbocycles. The lowest BCUT2D eigenvalue weighted by Crippen LogP contribution is -3.00. The van der Waals surface area contributed by atoms with Crippen LogP contribution in [0.5, 0.6) is 5.75 Å². The molecule has 0 aliphatic heterocycles. The molecule has 0 N–H and O–H groups in total. The molecule has 0 amide bonds. The van der Waals surface area contributed by atoms with Gasteiger partial charge in [-0.15, -0.1) is 0 Å². The summed E-state index contributed by atoms with van der Waals surface area (Å²) in [7, 11) is 2.06. The van der Waals surface area contributed by atoms with Crippen molar-refractivity contribution >= 4 is 29.0 Å². The molecular weight excluding hydrogens is 413 g/mol.